The van der Waals surface area contributed by atoms with E-state index in [-0.39, 0.29) is 11.9 Å². The molecule has 7 nitrogen and oxygen atoms in total. The standard InChI is InChI=1S/C17H25N5O2/c1-4-5-9-16-19-14(21-24-16)10-22-12(3)17(11(2)20-22)13-7-6-8-15(23)18-13/h13H,4-10H2,1-3H3,(H,18,23). The van der Waals surface area contributed by atoms with E-state index in [4.69, 9.17) is 4.52 Å². The molecule has 1 unspecified atom stereocenters. The number of rotatable bonds is 6. The Morgan fingerprint density at radius 1 is 1.38 bits per heavy atom. The first kappa shape index (κ1) is 16.7. The van der Waals surface area contributed by atoms with Crippen molar-refractivity contribution >= 4 is 5.91 Å². The Kier molecular flexibility index (Phi) is 4.97. The molecule has 1 atom stereocenters. The lowest BCUT2D eigenvalue weighted by atomic mass is 9.96. The van der Waals surface area contributed by atoms with Crippen molar-refractivity contribution in [3.05, 3.63) is 28.7 Å². The third kappa shape index (κ3) is 3.49. The highest BCUT2D eigenvalue weighted by atomic mass is 16.5. The number of amides is 1. The molecule has 0 aromatic carbocycles. The van der Waals surface area contributed by atoms with Crippen LogP contribution in [-0.4, -0.2) is 25.8 Å². The monoisotopic (exact) mass is 331 g/mol. The molecule has 24 heavy (non-hydrogen) atoms. The molecule has 1 amide bonds. The van der Waals surface area contributed by atoms with Gasteiger partial charge < -0.3 is 9.84 Å². The molecule has 1 aliphatic heterocycles. The summed E-state index contributed by atoms with van der Waals surface area (Å²) in [6.07, 6.45) is 5.47. The van der Waals surface area contributed by atoms with Crippen molar-refractivity contribution in [2.24, 2.45) is 0 Å². The van der Waals surface area contributed by atoms with E-state index in [0.29, 0.717) is 24.7 Å². The topological polar surface area (TPSA) is 85.8 Å². The fourth-order valence-electron chi connectivity index (χ4n) is 3.31. The maximum Gasteiger partial charge on any atom is 0.226 e. The zero-order valence-corrected chi connectivity index (χ0v) is 14.6. The summed E-state index contributed by atoms with van der Waals surface area (Å²) in [6.45, 7) is 6.65. The molecule has 0 aliphatic carbocycles. The van der Waals surface area contributed by atoms with Crippen LogP contribution in [0.3, 0.4) is 0 Å². The van der Waals surface area contributed by atoms with Gasteiger partial charge in [0.25, 0.3) is 0 Å². The quantitative estimate of drug-likeness (QED) is 0.879. The van der Waals surface area contributed by atoms with E-state index in [1.807, 2.05) is 18.5 Å². The molecular weight excluding hydrogens is 306 g/mol. The Hall–Kier alpha value is -2.18. The lowest BCUT2D eigenvalue weighted by molar-refractivity contribution is -0.123. The van der Waals surface area contributed by atoms with Crippen molar-refractivity contribution in [2.75, 3.05) is 0 Å². The molecule has 7 heteroatoms. The average Bonchev–Trinajstić information content (AvgIpc) is 3.10. The van der Waals surface area contributed by atoms with E-state index < -0.39 is 0 Å². The van der Waals surface area contributed by atoms with Crippen LogP contribution in [0.15, 0.2) is 4.52 Å². The second kappa shape index (κ2) is 7.15. The zero-order chi connectivity index (χ0) is 17.1. The molecule has 2 aromatic rings. The third-order valence-electron chi connectivity index (χ3n) is 4.56. The molecule has 1 saturated heterocycles. The van der Waals surface area contributed by atoms with Crippen LogP contribution in [-0.2, 0) is 17.8 Å². The molecular formula is C17H25N5O2. The number of carbonyl (C=O) groups excluding carboxylic acids is 1. The summed E-state index contributed by atoms with van der Waals surface area (Å²) in [5.74, 6) is 1.45. The molecule has 3 heterocycles. The number of nitrogens with one attached hydrogen (secondary N) is 1. The van der Waals surface area contributed by atoms with Crippen LogP contribution in [0.5, 0.6) is 0 Å². The van der Waals surface area contributed by atoms with Crippen LogP contribution in [0, 0.1) is 13.8 Å². The van der Waals surface area contributed by atoms with Gasteiger partial charge >= 0.3 is 0 Å². The fraction of sp³-hybridized carbons (Fsp3) is 0.647. The van der Waals surface area contributed by atoms with Crippen molar-refractivity contribution in [1.82, 2.24) is 25.2 Å². The minimum Gasteiger partial charge on any atom is -0.349 e. The van der Waals surface area contributed by atoms with Gasteiger partial charge in [-0.15, -0.1) is 0 Å². The Morgan fingerprint density at radius 2 is 2.21 bits per heavy atom. The molecule has 0 saturated carbocycles. The number of aromatic nitrogens is 4. The highest BCUT2D eigenvalue weighted by Gasteiger charge is 2.26. The van der Waals surface area contributed by atoms with Gasteiger partial charge in [0.05, 0.1) is 11.7 Å². The van der Waals surface area contributed by atoms with E-state index >= 15 is 0 Å². The molecule has 130 valence electrons. The fourth-order valence-corrected chi connectivity index (χ4v) is 3.31. The highest BCUT2D eigenvalue weighted by molar-refractivity contribution is 5.77. The number of hydrogen-bond acceptors (Lipinski definition) is 5. The maximum atomic E-state index is 11.7. The predicted molar refractivity (Wildman–Crippen MR) is 88.4 cm³/mol. The first-order valence-corrected chi connectivity index (χ1v) is 8.73. The van der Waals surface area contributed by atoms with Crippen LogP contribution in [0.4, 0.5) is 0 Å². The van der Waals surface area contributed by atoms with Crippen molar-refractivity contribution < 1.29 is 9.32 Å². The summed E-state index contributed by atoms with van der Waals surface area (Å²) >= 11 is 0. The first-order valence-electron chi connectivity index (χ1n) is 8.73. The molecule has 3 rings (SSSR count). The summed E-state index contributed by atoms with van der Waals surface area (Å²) < 4.78 is 7.19. The predicted octanol–water partition coefficient (Wildman–Crippen LogP) is 2.62. The lowest BCUT2D eigenvalue weighted by Gasteiger charge is -2.23. The second-order valence-corrected chi connectivity index (χ2v) is 6.46. The summed E-state index contributed by atoms with van der Waals surface area (Å²) in [5.41, 5.74) is 3.13. The Balaban J connectivity index is 1.76. The molecule has 0 bridgehead atoms. The van der Waals surface area contributed by atoms with Crippen molar-refractivity contribution in [3.8, 4) is 0 Å². The van der Waals surface area contributed by atoms with E-state index in [1.165, 1.54) is 0 Å². The third-order valence-corrected chi connectivity index (χ3v) is 4.56. The van der Waals surface area contributed by atoms with Gasteiger partial charge in [0.2, 0.25) is 11.8 Å². The minimum absolute atomic E-state index is 0.0605. The van der Waals surface area contributed by atoms with Gasteiger partial charge in [-0.25, -0.2) is 0 Å². The number of carbonyl (C=O) groups is 1. The first-order chi connectivity index (χ1) is 11.6. The summed E-state index contributed by atoms with van der Waals surface area (Å²) in [5, 5.41) is 11.7. The van der Waals surface area contributed by atoms with Crippen LogP contribution in [0.25, 0.3) is 0 Å². The van der Waals surface area contributed by atoms with Crippen molar-refractivity contribution in [1.29, 1.82) is 0 Å². The van der Waals surface area contributed by atoms with Gasteiger partial charge in [-0.3, -0.25) is 9.48 Å². The maximum absolute atomic E-state index is 11.7. The number of unbranched alkanes of at least 4 members (excludes halogenated alkanes) is 1. The van der Waals surface area contributed by atoms with Crippen LogP contribution >= 0.6 is 0 Å². The molecule has 1 fully saturated rings. The van der Waals surface area contributed by atoms with Crippen molar-refractivity contribution in [2.45, 2.75) is 71.9 Å². The van der Waals surface area contributed by atoms with Gasteiger partial charge in [-0.05, 0) is 33.1 Å². The highest BCUT2D eigenvalue weighted by Crippen LogP contribution is 2.28. The number of hydrogen-bond donors (Lipinski definition) is 1. The number of piperidine rings is 1. The van der Waals surface area contributed by atoms with Gasteiger partial charge in [0.1, 0.15) is 6.54 Å². The van der Waals surface area contributed by atoms with Gasteiger partial charge in [-0.1, -0.05) is 18.5 Å². The zero-order valence-electron chi connectivity index (χ0n) is 14.6. The van der Waals surface area contributed by atoms with Gasteiger partial charge in [-0.2, -0.15) is 10.1 Å². The van der Waals surface area contributed by atoms with Gasteiger partial charge in [0, 0.05) is 24.1 Å². The van der Waals surface area contributed by atoms with Crippen LogP contribution < -0.4 is 5.32 Å². The van der Waals surface area contributed by atoms with E-state index in [0.717, 1.165) is 49.1 Å². The SMILES string of the molecule is CCCCc1nc(Cn2nc(C)c(C3CCCC(=O)N3)c2C)no1. The van der Waals surface area contributed by atoms with E-state index in [1.54, 1.807) is 0 Å². The minimum atomic E-state index is 0.0605. The van der Waals surface area contributed by atoms with Crippen LogP contribution in [0.2, 0.25) is 0 Å². The molecule has 0 radical (unpaired) electrons. The van der Waals surface area contributed by atoms with Crippen LogP contribution in [0.1, 0.15) is 73.7 Å². The average molecular weight is 331 g/mol. The normalized spacial score (nSPS) is 18.0. The Bertz CT molecular complexity index is 719. The summed E-state index contributed by atoms with van der Waals surface area (Å²) in [4.78, 5) is 16.1. The largest absolute Gasteiger partial charge is 0.349 e. The summed E-state index contributed by atoms with van der Waals surface area (Å²) in [7, 11) is 0. The lowest BCUT2D eigenvalue weighted by Crippen LogP contribution is -2.33. The van der Waals surface area contributed by atoms with Crippen molar-refractivity contribution in [3.63, 3.8) is 0 Å². The Labute approximate surface area is 141 Å². The van der Waals surface area contributed by atoms with E-state index in [2.05, 4.69) is 27.5 Å². The molecule has 0 spiro atoms. The smallest absolute Gasteiger partial charge is 0.226 e. The second-order valence-electron chi connectivity index (χ2n) is 6.46. The van der Waals surface area contributed by atoms with Gasteiger partial charge in [0.15, 0.2) is 5.82 Å². The van der Waals surface area contributed by atoms with E-state index in [9.17, 15) is 4.79 Å². The number of nitrogens with zero attached hydrogens (tertiary/aromatic N) is 4. The summed E-state index contributed by atoms with van der Waals surface area (Å²) in [6, 6.07) is 0.0605. The molecule has 1 aliphatic rings. The molecule has 2 aromatic heterocycles. The Morgan fingerprint density at radius 3 is 2.96 bits per heavy atom. The number of aryl methyl sites for hydroxylation is 2. The molecule has 1 N–H and O–H groups in total.